The van der Waals surface area contributed by atoms with Crippen LogP contribution in [0.25, 0.3) is 11.0 Å². The molecule has 5 nitrogen and oxygen atoms in total. The van der Waals surface area contributed by atoms with Crippen molar-refractivity contribution in [2.45, 2.75) is 26.8 Å². The molecule has 5 heteroatoms. The molecule has 3 heterocycles. The number of nitrogens with one attached hydrogen (secondary N) is 1. The van der Waals surface area contributed by atoms with Crippen molar-refractivity contribution in [2.24, 2.45) is 5.41 Å². The molecule has 2 aromatic heterocycles. The summed E-state index contributed by atoms with van der Waals surface area (Å²) in [5.74, 6) is 0. The number of aromatic nitrogens is 3. The lowest BCUT2D eigenvalue weighted by molar-refractivity contribution is -0.0924. The molecule has 0 unspecified atom stereocenters. The molecule has 0 aliphatic carbocycles. The van der Waals surface area contributed by atoms with E-state index in [0.29, 0.717) is 6.04 Å². The minimum absolute atomic E-state index is 0.261. The average molecular weight is 260 g/mol. The molecule has 0 aromatic carbocycles. The fourth-order valence-electron chi connectivity index (χ4n) is 2.28. The summed E-state index contributed by atoms with van der Waals surface area (Å²) < 4.78 is 7.20. The third kappa shape index (κ3) is 2.30. The molecular weight excluding hydrogens is 240 g/mol. The molecule has 1 aliphatic heterocycles. The van der Waals surface area contributed by atoms with E-state index < -0.39 is 0 Å². The molecule has 0 saturated carbocycles. The van der Waals surface area contributed by atoms with E-state index in [0.717, 1.165) is 36.5 Å². The zero-order chi connectivity index (χ0) is 13.5. The molecule has 102 valence electrons. The first-order valence-corrected chi connectivity index (χ1v) is 6.72. The van der Waals surface area contributed by atoms with Gasteiger partial charge in [-0.05, 0) is 19.9 Å². The smallest absolute Gasteiger partial charge is 0.158 e. The van der Waals surface area contributed by atoms with Crippen LogP contribution < -0.4 is 5.32 Å². The highest BCUT2D eigenvalue weighted by atomic mass is 16.5. The molecule has 1 aliphatic rings. The van der Waals surface area contributed by atoms with E-state index in [4.69, 9.17) is 4.74 Å². The Morgan fingerprint density at radius 3 is 2.84 bits per heavy atom. The monoisotopic (exact) mass is 260 g/mol. The highest BCUT2D eigenvalue weighted by Gasteiger charge is 2.32. The highest BCUT2D eigenvalue weighted by molar-refractivity contribution is 5.78. The molecule has 0 spiro atoms. The van der Waals surface area contributed by atoms with Gasteiger partial charge < -0.3 is 10.1 Å². The van der Waals surface area contributed by atoms with Crippen molar-refractivity contribution in [1.82, 2.24) is 14.8 Å². The zero-order valence-corrected chi connectivity index (χ0v) is 11.7. The Hall–Kier alpha value is -1.62. The van der Waals surface area contributed by atoms with Gasteiger partial charge in [-0.25, -0.2) is 9.67 Å². The Morgan fingerprint density at radius 2 is 2.21 bits per heavy atom. The third-order valence-corrected chi connectivity index (χ3v) is 3.54. The minimum Gasteiger partial charge on any atom is -0.383 e. The molecular formula is C14H20N4O. The number of fused-ring (bicyclic) bond motifs is 1. The largest absolute Gasteiger partial charge is 0.383 e. The van der Waals surface area contributed by atoms with Crippen LogP contribution in [0.15, 0.2) is 18.5 Å². The zero-order valence-electron chi connectivity index (χ0n) is 11.7. The third-order valence-electron chi connectivity index (χ3n) is 3.54. The minimum atomic E-state index is 0.261. The number of anilines is 1. The first-order valence-electron chi connectivity index (χ1n) is 6.72. The summed E-state index contributed by atoms with van der Waals surface area (Å²) in [6.07, 6.45) is 3.76. The van der Waals surface area contributed by atoms with Crippen molar-refractivity contribution in [3.05, 3.63) is 18.5 Å². The van der Waals surface area contributed by atoms with E-state index in [1.54, 1.807) is 0 Å². The van der Waals surface area contributed by atoms with E-state index in [1.165, 1.54) is 0 Å². The summed E-state index contributed by atoms with van der Waals surface area (Å²) in [6.45, 7) is 9.03. The fraction of sp³-hybridized carbons (Fsp3) is 0.571. The Morgan fingerprint density at radius 1 is 1.42 bits per heavy atom. The van der Waals surface area contributed by atoms with Crippen LogP contribution in [-0.2, 0) is 4.74 Å². The first kappa shape index (κ1) is 12.4. The van der Waals surface area contributed by atoms with Crippen LogP contribution in [0.1, 0.15) is 26.8 Å². The number of ether oxygens (including phenoxy) is 1. The Balaban J connectivity index is 1.78. The summed E-state index contributed by atoms with van der Waals surface area (Å²) in [7, 11) is 0. The fourth-order valence-corrected chi connectivity index (χ4v) is 2.28. The summed E-state index contributed by atoms with van der Waals surface area (Å²) in [5, 5.41) is 8.89. The van der Waals surface area contributed by atoms with E-state index >= 15 is 0 Å². The van der Waals surface area contributed by atoms with Crippen molar-refractivity contribution < 1.29 is 4.74 Å². The van der Waals surface area contributed by atoms with Crippen LogP contribution in [0.3, 0.4) is 0 Å². The van der Waals surface area contributed by atoms with Gasteiger partial charge in [0.15, 0.2) is 5.65 Å². The summed E-state index contributed by atoms with van der Waals surface area (Å²) >= 11 is 0. The maximum absolute atomic E-state index is 5.26. The number of hydrogen-bond donors (Lipinski definition) is 1. The Bertz CT molecular complexity index is 586. The van der Waals surface area contributed by atoms with Gasteiger partial charge in [0.1, 0.15) is 0 Å². The predicted molar refractivity (Wildman–Crippen MR) is 75.3 cm³/mol. The molecule has 19 heavy (non-hydrogen) atoms. The Labute approximate surface area is 113 Å². The van der Waals surface area contributed by atoms with Gasteiger partial charge >= 0.3 is 0 Å². The highest BCUT2D eigenvalue weighted by Crippen LogP contribution is 2.27. The first-order chi connectivity index (χ1) is 9.07. The number of nitrogens with zero attached hydrogens (tertiary/aromatic N) is 3. The average Bonchev–Trinajstić information content (AvgIpc) is 2.77. The molecule has 3 rings (SSSR count). The van der Waals surface area contributed by atoms with Crippen LogP contribution in [0, 0.1) is 5.41 Å². The quantitative estimate of drug-likeness (QED) is 0.917. The van der Waals surface area contributed by atoms with E-state index in [2.05, 4.69) is 42.2 Å². The van der Waals surface area contributed by atoms with Crippen LogP contribution in [0.2, 0.25) is 0 Å². The summed E-state index contributed by atoms with van der Waals surface area (Å²) in [5.41, 5.74) is 2.25. The van der Waals surface area contributed by atoms with Crippen LogP contribution in [0.4, 0.5) is 5.69 Å². The van der Waals surface area contributed by atoms with Gasteiger partial charge in [-0.15, -0.1) is 0 Å². The van der Waals surface area contributed by atoms with E-state index in [-0.39, 0.29) is 5.41 Å². The van der Waals surface area contributed by atoms with Crippen molar-refractivity contribution >= 4 is 16.7 Å². The lowest BCUT2D eigenvalue weighted by Gasteiger charge is -2.38. The predicted octanol–water partition coefficient (Wildman–Crippen LogP) is 2.46. The summed E-state index contributed by atoms with van der Waals surface area (Å²) in [6, 6.07) is 2.44. The molecule has 2 aromatic rings. The molecule has 1 N–H and O–H groups in total. The second kappa shape index (κ2) is 4.49. The van der Waals surface area contributed by atoms with Gasteiger partial charge in [0.2, 0.25) is 0 Å². The number of pyridine rings is 1. The molecule has 1 fully saturated rings. The van der Waals surface area contributed by atoms with Crippen molar-refractivity contribution in [3.63, 3.8) is 0 Å². The van der Waals surface area contributed by atoms with Gasteiger partial charge in [-0.3, -0.25) is 0 Å². The summed E-state index contributed by atoms with van der Waals surface area (Å²) in [4.78, 5) is 4.51. The molecule has 0 radical (unpaired) electrons. The SMILES string of the molecule is CC(C)n1ncc2cc(NCC3(C)COC3)cnc21. The van der Waals surface area contributed by atoms with Crippen molar-refractivity contribution in [2.75, 3.05) is 25.1 Å². The maximum atomic E-state index is 5.26. The van der Waals surface area contributed by atoms with E-state index in [9.17, 15) is 0 Å². The second-order valence-electron chi connectivity index (χ2n) is 5.98. The van der Waals surface area contributed by atoms with Crippen LogP contribution in [-0.4, -0.2) is 34.5 Å². The molecule has 0 bridgehead atoms. The molecule has 1 saturated heterocycles. The number of hydrogen-bond acceptors (Lipinski definition) is 4. The molecule has 0 amide bonds. The van der Waals surface area contributed by atoms with Gasteiger partial charge in [-0.2, -0.15) is 5.10 Å². The van der Waals surface area contributed by atoms with Crippen LogP contribution in [0.5, 0.6) is 0 Å². The van der Waals surface area contributed by atoms with Crippen molar-refractivity contribution in [1.29, 1.82) is 0 Å². The van der Waals surface area contributed by atoms with Crippen LogP contribution >= 0.6 is 0 Å². The number of rotatable bonds is 4. The van der Waals surface area contributed by atoms with E-state index in [1.807, 2.05) is 17.1 Å². The topological polar surface area (TPSA) is 52.0 Å². The lowest BCUT2D eigenvalue weighted by atomic mass is 9.89. The Kier molecular flexibility index (Phi) is 2.93. The van der Waals surface area contributed by atoms with Gasteiger partial charge in [-0.1, -0.05) is 6.92 Å². The standard InChI is InChI=1S/C14H20N4O/c1-10(2)18-13-11(5-17-18)4-12(6-15-13)16-7-14(3)8-19-9-14/h4-6,10,16H,7-9H2,1-3H3. The molecule has 0 atom stereocenters. The second-order valence-corrected chi connectivity index (χ2v) is 5.98. The maximum Gasteiger partial charge on any atom is 0.158 e. The van der Waals surface area contributed by atoms with Gasteiger partial charge in [0.25, 0.3) is 0 Å². The lowest BCUT2D eigenvalue weighted by Crippen LogP contribution is -2.45. The van der Waals surface area contributed by atoms with Crippen molar-refractivity contribution in [3.8, 4) is 0 Å². The van der Waals surface area contributed by atoms with Gasteiger partial charge in [0, 0.05) is 23.4 Å². The van der Waals surface area contributed by atoms with Gasteiger partial charge in [0.05, 0.1) is 31.3 Å². The normalized spacial score (nSPS) is 17.7.